The van der Waals surface area contributed by atoms with Gasteiger partial charge in [0.15, 0.2) is 17.3 Å². The van der Waals surface area contributed by atoms with E-state index in [1.54, 1.807) is 7.11 Å². The minimum Gasteiger partial charge on any atom is -0.497 e. The van der Waals surface area contributed by atoms with Crippen LogP contribution in [0.4, 0.5) is 0 Å². The van der Waals surface area contributed by atoms with Crippen LogP contribution < -0.4 is 24.3 Å². The second-order valence-electron chi connectivity index (χ2n) is 7.89. The molecule has 2 heterocycles. The summed E-state index contributed by atoms with van der Waals surface area (Å²) in [4.78, 5) is 16.8. The van der Waals surface area contributed by atoms with E-state index in [2.05, 4.69) is 14.7 Å². The average molecular weight is 490 g/mol. The molecule has 0 fully saturated rings. The molecule has 1 aliphatic rings. The number of amides is 1. The molecule has 0 saturated heterocycles. The van der Waals surface area contributed by atoms with Crippen molar-refractivity contribution in [2.45, 2.75) is 19.4 Å². The fourth-order valence-corrected chi connectivity index (χ4v) is 4.16. The van der Waals surface area contributed by atoms with Gasteiger partial charge >= 0.3 is 0 Å². The van der Waals surface area contributed by atoms with Gasteiger partial charge in [-0.1, -0.05) is 30.3 Å². The molecular formula is C26H23N3O5S. The first kappa shape index (κ1) is 22.7. The second-order valence-corrected chi connectivity index (χ2v) is 8.61. The van der Waals surface area contributed by atoms with Gasteiger partial charge in [-0.2, -0.15) is 9.36 Å². The molecule has 5 rings (SSSR count). The van der Waals surface area contributed by atoms with Crippen LogP contribution >= 0.6 is 11.5 Å². The topological polar surface area (TPSA) is 91.8 Å². The molecule has 1 aliphatic heterocycles. The Bertz CT molecular complexity index is 1320. The van der Waals surface area contributed by atoms with Crippen molar-refractivity contribution in [1.29, 1.82) is 0 Å². The summed E-state index contributed by atoms with van der Waals surface area (Å²) in [5.41, 5.74) is 2.90. The van der Waals surface area contributed by atoms with Crippen molar-refractivity contribution in [2.24, 2.45) is 0 Å². The number of rotatable bonds is 9. The van der Waals surface area contributed by atoms with Gasteiger partial charge in [-0.05, 0) is 53.1 Å². The SMILES string of the molecule is COc1cccc(Cc2nsc(Oc3ccc(CC(=O)NCc4ccc5c(c4)OCO5)cc3)n2)c1. The normalized spacial score (nSPS) is 11.8. The van der Waals surface area contributed by atoms with Gasteiger partial charge in [-0.15, -0.1) is 0 Å². The minimum atomic E-state index is -0.0670. The van der Waals surface area contributed by atoms with Crippen LogP contribution in [-0.4, -0.2) is 29.2 Å². The molecule has 0 bridgehead atoms. The number of fused-ring (bicyclic) bond motifs is 1. The summed E-state index contributed by atoms with van der Waals surface area (Å²) < 4.78 is 26.2. The molecule has 0 radical (unpaired) electrons. The van der Waals surface area contributed by atoms with Crippen molar-refractivity contribution >= 4 is 17.4 Å². The van der Waals surface area contributed by atoms with Crippen LogP contribution in [0, 0.1) is 0 Å². The lowest BCUT2D eigenvalue weighted by Gasteiger charge is -2.07. The summed E-state index contributed by atoms with van der Waals surface area (Å²) in [7, 11) is 1.64. The van der Waals surface area contributed by atoms with E-state index in [4.69, 9.17) is 18.9 Å². The lowest BCUT2D eigenvalue weighted by Crippen LogP contribution is -2.24. The minimum absolute atomic E-state index is 0.0670. The number of aromatic nitrogens is 2. The molecule has 0 spiro atoms. The second kappa shape index (κ2) is 10.4. The van der Waals surface area contributed by atoms with E-state index < -0.39 is 0 Å². The van der Waals surface area contributed by atoms with Gasteiger partial charge in [0.25, 0.3) is 5.19 Å². The molecular weight excluding hydrogens is 466 g/mol. The van der Waals surface area contributed by atoms with Crippen LogP contribution in [-0.2, 0) is 24.2 Å². The molecule has 3 aromatic carbocycles. The predicted octanol–water partition coefficient (Wildman–Crippen LogP) is 4.52. The monoisotopic (exact) mass is 489 g/mol. The molecule has 1 aromatic heterocycles. The maximum Gasteiger partial charge on any atom is 0.298 e. The summed E-state index contributed by atoms with van der Waals surface area (Å²) >= 11 is 1.20. The highest BCUT2D eigenvalue weighted by Crippen LogP contribution is 2.32. The molecule has 0 atom stereocenters. The van der Waals surface area contributed by atoms with Crippen molar-refractivity contribution in [3.8, 4) is 28.2 Å². The Kier molecular flexibility index (Phi) is 6.76. The van der Waals surface area contributed by atoms with E-state index in [0.717, 1.165) is 28.2 Å². The van der Waals surface area contributed by atoms with Crippen LogP contribution in [0.3, 0.4) is 0 Å². The Morgan fingerprint density at radius 3 is 2.66 bits per heavy atom. The molecule has 0 unspecified atom stereocenters. The summed E-state index contributed by atoms with van der Waals surface area (Å²) in [6.07, 6.45) is 0.867. The number of nitrogens with one attached hydrogen (secondary N) is 1. The quantitative estimate of drug-likeness (QED) is 0.370. The zero-order valence-electron chi connectivity index (χ0n) is 19.0. The molecule has 8 nitrogen and oxygen atoms in total. The Morgan fingerprint density at radius 2 is 1.80 bits per heavy atom. The molecule has 4 aromatic rings. The first-order valence-electron chi connectivity index (χ1n) is 11.0. The maximum absolute atomic E-state index is 12.4. The third-order valence-corrected chi connectivity index (χ3v) is 6.00. The maximum atomic E-state index is 12.4. The van der Waals surface area contributed by atoms with Crippen LogP contribution in [0.2, 0.25) is 0 Å². The summed E-state index contributed by atoms with van der Waals surface area (Å²) in [6.45, 7) is 0.653. The largest absolute Gasteiger partial charge is 0.497 e. The first-order chi connectivity index (χ1) is 17.1. The van der Waals surface area contributed by atoms with Crippen LogP contribution in [0.5, 0.6) is 28.2 Å². The zero-order chi connectivity index (χ0) is 24.0. The Morgan fingerprint density at radius 1 is 0.971 bits per heavy atom. The van der Waals surface area contributed by atoms with Gasteiger partial charge in [0.2, 0.25) is 12.7 Å². The van der Waals surface area contributed by atoms with Gasteiger partial charge in [-0.25, -0.2) is 0 Å². The van der Waals surface area contributed by atoms with E-state index >= 15 is 0 Å². The van der Waals surface area contributed by atoms with E-state index in [-0.39, 0.29) is 19.1 Å². The van der Waals surface area contributed by atoms with Crippen LogP contribution in [0.15, 0.2) is 66.7 Å². The molecule has 1 amide bonds. The number of nitrogens with zero attached hydrogens (tertiary/aromatic N) is 2. The van der Waals surface area contributed by atoms with Crippen molar-refractivity contribution in [3.05, 3.63) is 89.2 Å². The third kappa shape index (κ3) is 5.88. The molecule has 35 heavy (non-hydrogen) atoms. The van der Waals surface area contributed by atoms with Crippen molar-refractivity contribution < 1.29 is 23.7 Å². The van der Waals surface area contributed by atoms with Crippen molar-refractivity contribution in [1.82, 2.24) is 14.7 Å². The lowest BCUT2D eigenvalue weighted by atomic mass is 10.1. The summed E-state index contributed by atoms with van der Waals surface area (Å²) in [5.74, 6) is 3.49. The number of carbonyl (C=O) groups is 1. The number of ether oxygens (including phenoxy) is 4. The van der Waals surface area contributed by atoms with Crippen molar-refractivity contribution in [3.63, 3.8) is 0 Å². The number of benzene rings is 3. The molecule has 0 aliphatic carbocycles. The summed E-state index contributed by atoms with van der Waals surface area (Å²) in [6, 6.07) is 20.8. The standard InChI is InChI=1S/C26H23N3O5S/c1-31-21-4-2-3-18(11-21)13-24-28-26(35-29-24)34-20-8-5-17(6-9-20)14-25(30)27-15-19-7-10-22-23(12-19)33-16-32-22/h2-12H,13-16H2,1H3,(H,27,30). The smallest absolute Gasteiger partial charge is 0.298 e. The van der Waals surface area contributed by atoms with Crippen LogP contribution in [0.1, 0.15) is 22.5 Å². The highest BCUT2D eigenvalue weighted by atomic mass is 32.1. The first-order valence-corrected chi connectivity index (χ1v) is 11.8. The molecule has 1 N–H and O–H groups in total. The Hall–Kier alpha value is -4.11. The Labute approximate surface area is 206 Å². The number of hydrogen-bond donors (Lipinski definition) is 1. The van der Waals surface area contributed by atoms with E-state index in [1.807, 2.05) is 66.7 Å². The fourth-order valence-electron chi connectivity index (χ4n) is 3.59. The van der Waals surface area contributed by atoms with Gasteiger partial charge < -0.3 is 24.3 Å². The van der Waals surface area contributed by atoms with E-state index in [0.29, 0.717) is 35.5 Å². The van der Waals surface area contributed by atoms with Crippen LogP contribution in [0.25, 0.3) is 0 Å². The van der Waals surface area contributed by atoms with Gasteiger partial charge in [0.1, 0.15) is 11.5 Å². The fraction of sp³-hybridized carbons (Fsp3) is 0.192. The number of carbonyl (C=O) groups excluding carboxylic acids is 1. The zero-order valence-corrected chi connectivity index (χ0v) is 19.8. The van der Waals surface area contributed by atoms with Gasteiger partial charge in [-0.3, -0.25) is 4.79 Å². The molecule has 178 valence electrons. The van der Waals surface area contributed by atoms with E-state index in [1.165, 1.54) is 11.5 Å². The van der Waals surface area contributed by atoms with Gasteiger partial charge in [0, 0.05) is 24.5 Å². The number of methoxy groups -OCH3 is 1. The average Bonchev–Trinajstić information content (AvgIpc) is 3.53. The Balaban J connectivity index is 1.11. The third-order valence-electron chi connectivity index (χ3n) is 5.37. The van der Waals surface area contributed by atoms with E-state index in [9.17, 15) is 4.79 Å². The highest BCUT2D eigenvalue weighted by molar-refractivity contribution is 7.07. The number of hydrogen-bond acceptors (Lipinski definition) is 8. The lowest BCUT2D eigenvalue weighted by molar-refractivity contribution is -0.120. The predicted molar refractivity (Wildman–Crippen MR) is 130 cm³/mol. The van der Waals surface area contributed by atoms with Crippen molar-refractivity contribution in [2.75, 3.05) is 13.9 Å². The highest BCUT2D eigenvalue weighted by Gasteiger charge is 2.14. The van der Waals surface area contributed by atoms with Gasteiger partial charge in [0.05, 0.1) is 13.5 Å². The molecule has 9 heteroatoms. The summed E-state index contributed by atoms with van der Waals surface area (Å²) in [5, 5.41) is 3.40. The molecule has 0 saturated carbocycles.